The lowest BCUT2D eigenvalue weighted by Gasteiger charge is -2.36. The number of hydrogen-bond donors (Lipinski definition) is 1. The van der Waals surface area contributed by atoms with Crippen LogP contribution in [0.2, 0.25) is 0 Å². The Morgan fingerprint density at radius 1 is 1.30 bits per heavy atom. The van der Waals surface area contributed by atoms with Crippen molar-refractivity contribution in [3.63, 3.8) is 0 Å². The second kappa shape index (κ2) is 11.3. The predicted molar refractivity (Wildman–Crippen MR) is 129 cm³/mol. The van der Waals surface area contributed by atoms with Crippen LogP contribution in [0.4, 0.5) is 5.82 Å². The first kappa shape index (κ1) is 22.6. The van der Waals surface area contributed by atoms with Crippen LogP contribution in [0.5, 0.6) is 0 Å². The van der Waals surface area contributed by atoms with E-state index in [1.807, 2.05) is 6.20 Å². The molecule has 7 heteroatoms. The molecule has 1 unspecified atom stereocenters. The first-order valence-corrected chi connectivity index (χ1v) is 11.1. The van der Waals surface area contributed by atoms with Gasteiger partial charge in [-0.25, -0.2) is 9.98 Å². The number of nitrogens with zero attached hydrogens (tertiary/aromatic N) is 4. The molecule has 1 N–H and O–H groups in total. The van der Waals surface area contributed by atoms with E-state index in [-0.39, 0.29) is 24.0 Å². The van der Waals surface area contributed by atoms with Gasteiger partial charge >= 0.3 is 0 Å². The average molecular weight is 503 g/mol. The Kier molecular flexibility index (Phi) is 9.48. The summed E-state index contributed by atoms with van der Waals surface area (Å²) in [6.45, 7) is 12.8. The molecule has 2 aliphatic heterocycles. The van der Waals surface area contributed by atoms with Crippen LogP contribution < -0.4 is 10.2 Å². The maximum Gasteiger partial charge on any atom is 0.194 e. The van der Waals surface area contributed by atoms with Crippen LogP contribution in [-0.4, -0.2) is 59.6 Å². The van der Waals surface area contributed by atoms with Gasteiger partial charge < -0.3 is 15.1 Å². The van der Waals surface area contributed by atoms with Crippen LogP contribution in [0, 0.1) is 5.92 Å². The minimum atomic E-state index is 0. The number of anilines is 1. The van der Waals surface area contributed by atoms with E-state index >= 15 is 0 Å². The molecule has 0 spiro atoms. The third kappa shape index (κ3) is 6.41. The van der Waals surface area contributed by atoms with Crippen LogP contribution >= 0.6 is 35.7 Å². The number of guanidine groups is 1. The average Bonchev–Trinajstić information content (AvgIpc) is 3.20. The van der Waals surface area contributed by atoms with Crippen molar-refractivity contribution in [2.75, 3.05) is 43.4 Å². The molecule has 0 aromatic carbocycles. The third-order valence-electron chi connectivity index (χ3n) is 5.12. The lowest BCUT2D eigenvalue weighted by molar-refractivity contribution is 0.381. The number of aliphatic imine (C=N–C) groups is 1. The smallest absolute Gasteiger partial charge is 0.194 e. The number of rotatable bonds is 5. The molecule has 152 valence electrons. The fourth-order valence-electron chi connectivity index (χ4n) is 3.51. The van der Waals surface area contributed by atoms with Crippen LogP contribution in [0.1, 0.15) is 39.2 Å². The Morgan fingerprint density at radius 3 is 2.70 bits per heavy atom. The molecular formula is C20H34IN5S. The highest BCUT2D eigenvalue weighted by Gasteiger charge is 2.24. The van der Waals surface area contributed by atoms with E-state index in [0.717, 1.165) is 44.5 Å². The Balaban J connectivity index is 0.00000261. The second-order valence-corrected chi connectivity index (χ2v) is 8.84. The highest BCUT2D eigenvalue weighted by atomic mass is 127. The molecule has 0 bridgehead atoms. The molecule has 27 heavy (non-hydrogen) atoms. The zero-order valence-corrected chi connectivity index (χ0v) is 20.0. The van der Waals surface area contributed by atoms with Crippen molar-refractivity contribution < 1.29 is 0 Å². The molecule has 0 radical (unpaired) electrons. The van der Waals surface area contributed by atoms with Gasteiger partial charge in [0, 0.05) is 49.9 Å². The van der Waals surface area contributed by atoms with E-state index in [0.29, 0.717) is 17.7 Å². The van der Waals surface area contributed by atoms with Gasteiger partial charge in [0.15, 0.2) is 5.96 Å². The summed E-state index contributed by atoms with van der Waals surface area (Å²) < 4.78 is 0. The monoisotopic (exact) mass is 503 g/mol. The molecule has 0 amide bonds. The fraction of sp³-hybridized carbons (Fsp3) is 0.700. The highest BCUT2D eigenvalue weighted by Crippen LogP contribution is 2.25. The molecule has 5 nitrogen and oxygen atoms in total. The third-order valence-corrected chi connectivity index (χ3v) is 6.66. The van der Waals surface area contributed by atoms with Gasteiger partial charge in [-0.1, -0.05) is 19.9 Å². The molecule has 2 fully saturated rings. The Hall–Kier alpha value is -0.700. The summed E-state index contributed by atoms with van der Waals surface area (Å²) in [6, 6.07) is 4.33. The standard InChI is InChI=1S/C20H33N5S.HI/c1-4-21-20(25-11-12-26-18(15-25)16(2)3)23-14-17-7-8-19(22-13-17)24-9-5-6-10-24;/h7-8,13,16,18H,4-6,9-12,14-15H2,1-3H3,(H,21,23);1H. The van der Waals surface area contributed by atoms with Gasteiger partial charge in [-0.3, -0.25) is 0 Å². The van der Waals surface area contributed by atoms with Crippen molar-refractivity contribution in [3.05, 3.63) is 23.9 Å². The maximum atomic E-state index is 4.90. The number of aromatic nitrogens is 1. The Labute approximate surface area is 185 Å². The van der Waals surface area contributed by atoms with E-state index in [4.69, 9.17) is 4.99 Å². The van der Waals surface area contributed by atoms with E-state index < -0.39 is 0 Å². The van der Waals surface area contributed by atoms with Crippen molar-refractivity contribution in [1.29, 1.82) is 0 Å². The van der Waals surface area contributed by atoms with Crippen molar-refractivity contribution in [3.8, 4) is 0 Å². The molecule has 1 atom stereocenters. The summed E-state index contributed by atoms with van der Waals surface area (Å²) in [5.74, 6) is 4.03. The first-order chi connectivity index (χ1) is 12.7. The summed E-state index contributed by atoms with van der Waals surface area (Å²) in [5.41, 5.74) is 1.18. The lowest BCUT2D eigenvalue weighted by atomic mass is 10.1. The van der Waals surface area contributed by atoms with Crippen molar-refractivity contribution >= 4 is 47.5 Å². The largest absolute Gasteiger partial charge is 0.357 e. The molecule has 2 aliphatic rings. The number of pyridine rings is 1. The number of halogens is 1. The molecule has 0 saturated carbocycles. The zero-order valence-electron chi connectivity index (χ0n) is 16.9. The number of hydrogen-bond acceptors (Lipinski definition) is 4. The summed E-state index contributed by atoms with van der Waals surface area (Å²) in [4.78, 5) is 14.3. The molecule has 0 aliphatic carbocycles. The topological polar surface area (TPSA) is 43.8 Å². The molecule has 3 heterocycles. The van der Waals surface area contributed by atoms with E-state index in [1.54, 1.807) is 0 Å². The van der Waals surface area contributed by atoms with Crippen LogP contribution in [0.3, 0.4) is 0 Å². The normalized spacial score (nSPS) is 20.7. The maximum absolute atomic E-state index is 4.90. The van der Waals surface area contributed by atoms with Gasteiger partial charge in [0.25, 0.3) is 0 Å². The highest BCUT2D eigenvalue weighted by molar-refractivity contribution is 14.0. The van der Waals surface area contributed by atoms with Crippen molar-refractivity contribution in [2.45, 2.75) is 45.4 Å². The molecule has 1 aromatic heterocycles. The molecule has 1 aromatic rings. The van der Waals surface area contributed by atoms with Gasteiger partial charge in [0.1, 0.15) is 5.82 Å². The minimum Gasteiger partial charge on any atom is -0.357 e. The zero-order chi connectivity index (χ0) is 18.4. The van der Waals surface area contributed by atoms with Crippen molar-refractivity contribution in [1.82, 2.24) is 15.2 Å². The van der Waals surface area contributed by atoms with Crippen LogP contribution in [0.25, 0.3) is 0 Å². The van der Waals surface area contributed by atoms with Gasteiger partial charge in [0.05, 0.1) is 6.54 Å². The lowest BCUT2D eigenvalue weighted by Crippen LogP contribution is -2.49. The number of nitrogens with one attached hydrogen (secondary N) is 1. The predicted octanol–water partition coefficient (Wildman–Crippen LogP) is 3.84. The van der Waals surface area contributed by atoms with Crippen LogP contribution in [-0.2, 0) is 6.54 Å². The van der Waals surface area contributed by atoms with Crippen LogP contribution in [0.15, 0.2) is 23.3 Å². The SMILES string of the molecule is CCNC(=NCc1ccc(N2CCCC2)nc1)N1CCSC(C(C)C)C1.I. The Bertz CT molecular complexity index is 587. The van der Waals surface area contributed by atoms with Gasteiger partial charge in [-0.15, -0.1) is 24.0 Å². The summed E-state index contributed by atoms with van der Waals surface area (Å²) in [7, 11) is 0. The number of thioether (sulfide) groups is 1. The summed E-state index contributed by atoms with van der Waals surface area (Å²) >= 11 is 2.10. The van der Waals surface area contributed by atoms with Gasteiger partial charge in [0.2, 0.25) is 0 Å². The first-order valence-electron chi connectivity index (χ1n) is 10.0. The van der Waals surface area contributed by atoms with E-state index in [2.05, 4.69) is 64.8 Å². The minimum absolute atomic E-state index is 0. The van der Waals surface area contributed by atoms with Gasteiger partial charge in [-0.2, -0.15) is 11.8 Å². The van der Waals surface area contributed by atoms with E-state index in [1.165, 1.54) is 24.2 Å². The quantitative estimate of drug-likeness (QED) is 0.376. The second-order valence-electron chi connectivity index (χ2n) is 7.49. The molecule has 2 saturated heterocycles. The van der Waals surface area contributed by atoms with E-state index in [9.17, 15) is 0 Å². The van der Waals surface area contributed by atoms with Gasteiger partial charge in [-0.05, 0) is 37.3 Å². The molecular weight excluding hydrogens is 469 g/mol. The Morgan fingerprint density at radius 2 is 2.07 bits per heavy atom. The molecule has 3 rings (SSSR count). The summed E-state index contributed by atoms with van der Waals surface area (Å²) in [5, 5.41) is 4.17. The summed E-state index contributed by atoms with van der Waals surface area (Å²) in [6.07, 6.45) is 4.56. The fourth-order valence-corrected chi connectivity index (χ4v) is 4.81. The van der Waals surface area contributed by atoms with Crippen molar-refractivity contribution in [2.24, 2.45) is 10.9 Å².